The molecule has 8 nitrogen and oxygen atoms in total. The lowest BCUT2D eigenvalue weighted by Crippen LogP contribution is -2.34. The molecule has 0 saturated carbocycles. The number of carbonyl (C=O) groups excluding carboxylic acids is 1. The highest BCUT2D eigenvalue weighted by atomic mass is 32.2. The van der Waals surface area contributed by atoms with Crippen molar-refractivity contribution in [1.82, 2.24) is 14.2 Å². The van der Waals surface area contributed by atoms with Crippen LogP contribution in [0.25, 0.3) is 0 Å². The highest BCUT2D eigenvalue weighted by Gasteiger charge is 2.28. The zero-order valence-corrected chi connectivity index (χ0v) is 17.9. The van der Waals surface area contributed by atoms with Gasteiger partial charge >= 0.3 is 0 Å². The average Bonchev–Trinajstić information content (AvgIpc) is 3.14. The first-order valence-corrected chi connectivity index (χ1v) is 11.1. The molecule has 1 aliphatic rings. The number of rotatable bonds is 7. The number of carbonyl (C=O) groups is 1. The van der Waals surface area contributed by atoms with Crippen LogP contribution in [-0.4, -0.2) is 49.5 Å². The van der Waals surface area contributed by atoms with Gasteiger partial charge in [0.2, 0.25) is 15.9 Å². The van der Waals surface area contributed by atoms with E-state index in [2.05, 4.69) is 4.72 Å². The molecule has 2 heterocycles. The molecule has 1 unspecified atom stereocenters. The summed E-state index contributed by atoms with van der Waals surface area (Å²) in [5.74, 6) is -2.30. The van der Waals surface area contributed by atoms with E-state index in [-0.39, 0.29) is 30.5 Å². The van der Waals surface area contributed by atoms with Crippen LogP contribution < -0.4 is 15.0 Å². The number of nitrogens with one attached hydrogen (secondary N) is 1. The van der Waals surface area contributed by atoms with Crippen molar-refractivity contribution < 1.29 is 26.7 Å². The fourth-order valence-electron chi connectivity index (χ4n) is 3.31. The summed E-state index contributed by atoms with van der Waals surface area (Å²) in [6, 6.07) is 5.87. The third-order valence-electron chi connectivity index (χ3n) is 5.10. The Hall–Kier alpha value is -2.79. The monoisotopic (exact) mass is 455 g/mol. The number of sulfonamides is 1. The zero-order chi connectivity index (χ0) is 22.8. The van der Waals surface area contributed by atoms with Gasteiger partial charge in [0.25, 0.3) is 5.56 Å². The number of ether oxygens (including phenoxy) is 1. The van der Waals surface area contributed by atoms with Crippen LogP contribution in [0, 0.1) is 18.6 Å². The van der Waals surface area contributed by atoms with E-state index < -0.39 is 26.6 Å². The summed E-state index contributed by atoms with van der Waals surface area (Å²) >= 11 is 0. The van der Waals surface area contributed by atoms with Crippen molar-refractivity contribution >= 4 is 15.9 Å². The second kappa shape index (κ2) is 9.15. The fourth-order valence-corrected chi connectivity index (χ4v) is 4.47. The summed E-state index contributed by atoms with van der Waals surface area (Å²) in [6.45, 7) is 2.20. The van der Waals surface area contributed by atoms with Crippen molar-refractivity contribution in [3.63, 3.8) is 0 Å². The van der Waals surface area contributed by atoms with E-state index in [9.17, 15) is 26.8 Å². The Kier molecular flexibility index (Phi) is 6.75. The van der Waals surface area contributed by atoms with Gasteiger partial charge in [-0.2, -0.15) is 0 Å². The number of benzene rings is 1. The Bertz CT molecular complexity index is 1130. The molecular formula is C20H23F2N3O5S. The predicted molar refractivity (Wildman–Crippen MR) is 108 cm³/mol. The number of aromatic nitrogens is 1. The minimum Gasteiger partial charge on any atom is -0.488 e. The van der Waals surface area contributed by atoms with Crippen LogP contribution in [0.4, 0.5) is 8.78 Å². The number of hydrogen-bond acceptors (Lipinski definition) is 5. The molecule has 1 N–H and O–H groups in total. The molecule has 0 spiro atoms. The van der Waals surface area contributed by atoms with Gasteiger partial charge < -0.3 is 14.2 Å². The Morgan fingerprint density at radius 2 is 1.94 bits per heavy atom. The summed E-state index contributed by atoms with van der Waals surface area (Å²) < 4.78 is 61.1. The van der Waals surface area contributed by atoms with Crippen molar-refractivity contribution in [2.24, 2.45) is 7.05 Å². The lowest BCUT2D eigenvalue weighted by Gasteiger charge is -2.18. The molecule has 1 aromatic carbocycles. The summed E-state index contributed by atoms with van der Waals surface area (Å²) in [6.07, 6.45) is 0.0961. The van der Waals surface area contributed by atoms with Crippen LogP contribution in [0.2, 0.25) is 0 Å². The van der Waals surface area contributed by atoms with Gasteiger partial charge in [0.1, 0.15) is 23.5 Å². The molecule has 1 aliphatic heterocycles. The van der Waals surface area contributed by atoms with Crippen LogP contribution in [0.1, 0.15) is 18.5 Å². The fraction of sp³-hybridized carbons (Fsp3) is 0.400. The molecule has 1 saturated heterocycles. The maximum atomic E-state index is 13.7. The maximum absolute atomic E-state index is 13.7. The van der Waals surface area contributed by atoms with Crippen molar-refractivity contribution in [2.45, 2.75) is 30.8 Å². The number of amides is 1. The summed E-state index contributed by atoms with van der Waals surface area (Å²) in [5.41, 5.74) is 0.548. The predicted octanol–water partition coefficient (Wildman–Crippen LogP) is 1.32. The lowest BCUT2D eigenvalue weighted by atomic mass is 10.3. The standard InChI is InChI=1S/C20H23F2N3O5S/c1-13-10-15(11-19(27)24(13)2)30-14-7-9-25(12-14)18(26)6-8-23-31(28,29)20-16(21)4-3-5-17(20)22/h3-5,10-11,14,23H,6-9,12H2,1-2H3. The Balaban J connectivity index is 1.52. The molecule has 0 aliphatic carbocycles. The van der Waals surface area contributed by atoms with Gasteiger partial charge in [0.05, 0.1) is 6.54 Å². The van der Waals surface area contributed by atoms with E-state index in [1.165, 1.54) is 15.5 Å². The van der Waals surface area contributed by atoms with Crippen LogP contribution in [-0.2, 0) is 21.9 Å². The van der Waals surface area contributed by atoms with Gasteiger partial charge in [0, 0.05) is 44.7 Å². The molecule has 0 radical (unpaired) electrons. The molecular weight excluding hydrogens is 432 g/mol. The lowest BCUT2D eigenvalue weighted by molar-refractivity contribution is -0.130. The van der Waals surface area contributed by atoms with Gasteiger partial charge in [-0.15, -0.1) is 0 Å². The number of pyridine rings is 1. The zero-order valence-electron chi connectivity index (χ0n) is 17.1. The first-order chi connectivity index (χ1) is 14.6. The van der Waals surface area contributed by atoms with Crippen molar-refractivity contribution in [2.75, 3.05) is 19.6 Å². The van der Waals surface area contributed by atoms with Crippen molar-refractivity contribution in [3.05, 3.63) is 58.0 Å². The topological polar surface area (TPSA) is 97.7 Å². The number of halogens is 2. The number of likely N-dealkylation sites (tertiary alicyclic amines) is 1. The normalized spacial score (nSPS) is 16.5. The third-order valence-corrected chi connectivity index (χ3v) is 6.61. The SMILES string of the molecule is Cc1cc(OC2CCN(C(=O)CCNS(=O)(=O)c3c(F)cccc3F)C2)cc(=O)n1C. The molecule has 3 rings (SSSR count). The van der Waals surface area contributed by atoms with Gasteiger partial charge in [-0.25, -0.2) is 21.9 Å². The largest absolute Gasteiger partial charge is 0.488 e. The van der Waals surface area contributed by atoms with Crippen molar-refractivity contribution in [1.29, 1.82) is 0 Å². The third kappa shape index (κ3) is 5.28. The molecule has 1 aromatic heterocycles. The minimum atomic E-state index is -4.43. The van der Waals surface area contributed by atoms with Crippen molar-refractivity contribution in [3.8, 4) is 5.75 Å². The first-order valence-electron chi connectivity index (χ1n) is 9.64. The highest BCUT2D eigenvalue weighted by molar-refractivity contribution is 7.89. The Morgan fingerprint density at radius 1 is 1.26 bits per heavy atom. The van der Waals surface area contributed by atoms with E-state index >= 15 is 0 Å². The maximum Gasteiger partial charge on any atom is 0.254 e. The van der Waals surface area contributed by atoms with Gasteiger partial charge in [-0.3, -0.25) is 9.59 Å². The number of hydrogen-bond donors (Lipinski definition) is 1. The van der Waals surface area contributed by atoms with E-state index in [0.717, 1.165) is 23.9 Å². The Morgan fingerprint density at radius 3 is 2.58 bits per heavy atom. The van der Waals surface area contributed by atoms with E-state index in [1.807, 2.05) is 0 Å². The summed E-state index contributed by atoms with van der Waals surface area (Å²) in [5, 5.41) is 0. The summed E-state index contributed by atoms with van der Waals surface area (Å²) in [4.78, 5) is 24.7. The second-order valence-corrected chi connectivity index (χ2v) is 9.00. The highest BCUT2D eigenvalue weighted by Crippen LogP contribution is 2.20. The second-order valence-electron chi connectivity index (χ2n) is 7.30. The van der Waals surface area contributed by atoms with Crippen LogP contribution in [0.5, 0.6) is 5.75 Å². The van der Waals surface area contributed by atoms with E-state index in [0.29, 0.717) is 25.3 Å². The minimum absolute atomic E-state index is 0.174. The summed E-state index contributed by atoms with van der Waals surface area (Å²) in [7, 11) is -2.77. The molecule has 2 aromatic rings. The quantitative estimate of drug-likeness (QED) is 0.679. The molecule has 11 heteroatoms. The molecule has 0 bridgehead atoms. The average molecular weight is 455 g/mol. The van der Waals surface area contributed by atoms with E-state index in [1.54, 1.807) is 20.0 Å². The molecule has 1 atom stereocenters. The molecule has 1 amide bonds. The first kappa shape index (κ1) is 22.9. The Labute approximate surface area is 178 Å². The van der Waals surface area contributed by atoms with Gasteiger partial charge in [0.15, 0.2) is 4.90 Å². The number of nitrogens with zero attached hydrogens (tertiary/aromatic N) is 2. The number of aryl methyl sites for hydroxylation is 1. The van der Waals surface area contributed by atoms with Crippen LogP contribution >= 0.6 is 0 Å². The van der Waals surface area contributed by atoms with E-state index in [4.69, 9.17) is 4.74 Å². The molecule has 31 heavy (non-hydrogen) atoms. The van der Waals surface area contributed by atoms with Gasteiger partial charge in [-0.05, 0) is 25.1 Å². The van der Waals surface area contributed by atoms with Crippen LogP contribution in [0.15, 0.2) is 40.0 Å². The molecule has 168 valence electrons. The van der Waals surface area contributed by atoms with Gasteiger partial charge in [-0.1, -0.05) is 6.07 Å². The molecule has 1 fully saturated rings. The smallest absolute Gasteiger partial charge is 0.254 e. The van der Waals surface area contributed by atoms with Crippen LogP contribution in [0.3, 0.4) is 0 Å².